The topological polar surface area (TPSA) is 28.5 Å². The summed E-state index contributed by atoms with van der Waals surface area (Å²) in [5.41, 5.74) is 6.19. The molecule has 0 radical (unpaired) electrons. The van der Waals surface area contributed by atoms with Crippen LogP contribution < -0.4 is 4.90 Å². The Morgan fingerprint density at radius 1 is 0.960 bits per heavy atom. The number of hydrogen-bond acceptors (Lipinski definition) is 3. The van der Waals surface area contributed by atoms with Crippen molar-refractivity contribution in [3.05, 3.63) is 65.5 Å². The number of allylic oxidation sites excluding steroid dienone is 1. The third-order valence-electron chi connectivity index (χ3n) is 5.05. The van der Waals surface area contributed by atoms with Gasteiger partial charge in [0, 0.05) is 43.3 Å². The Balaban J connectivity index is 1.63. The first-order valence-electron chi connectivity index (χ1n) is 9.41. The van der Waals surface area contributed by atoms with Crippen LogP contribution in [0.1, 0.15) is 43.2 Å². The van der Waals surface area contributed by atoms with E-state index in [-0.39, 0.29) is 0 Å². The molecule has 0 aliphatic carbocycles. The molecule has 0 saturated carbocycles. The summed E-state index contributed by atoms with van der Waals surface area (Å²) in [4.78, 5) is 11.6. The van der Waals surface area contributed by atoms with Crippen LogP contribution >= 0.6 is 0 Å². The van der Waals surface area contributed by atoms with Gasteiger partial charge in [-0.1, -0.05) is 12.1 Å². The van der Waals surface area contributed by atoms with Crippen molar-refractivity contribution in [2.75, 3.05) is 24.5 Å². The van der Waals surface area contributed by atoms with Crippen LogP contribution in [0.4, 0.5) is 5.69 Å². The van der Waals surface area contributed by atoms with Crippen molar-refractivity contribution in [3.63, 3.8) is 0 Å². The van der Waals surface area contributed by atoms with Gasteiger partial charge in [0.25, 0.3) is 0 Å². The van der Waals surface area contributed by atoms with Gasteiger partial charge in [-0.05, 0) is 73.6 Å². The van der Waals surface area contributed by atoms with E-state index in [0.717, 1.165) is 30.7 Å². The molecule has 2 aliphatic heterocycles. The Labute approximate surface area is 150 Å². The zero-order valence-corrected chi connectivity index (χ0v) is 14.7. The maximum absolute atomic E-state index is 4.79. The molecule has 1 aromatic heterocycles. The first-order chi connectivity index (χ1) is 12.4. The second-order valence-electron chi connectivity index (χ2n) is 6.89. The van der Waals surface area contributed by atoms with Crippen molar-refractivity contribution >= 4 is 17.5 Å². The lowest BCUT2D eigenvalue weighted by molar-refractivity contribution is 0.578. The van der Waals surface area contributed by atoms with Crippen LogP contribution in [-0.2, 0) is 0 Å². The van der Waals surface area contributed by atoms with E-state index in [1.807, 2.05) is 18.5 Å². The van der Waals surface area contributed by atoms with Gasteiger partial charge in [-0.25, -0.2) is 0 Å². The number of rotatable bonds is 3. The molecule has 3 heteroatoms. The van der Waals surface area contributed by atoms with Crippen LogP contribution in [0.25, 0.3) is 6.08 Å². The van der Waals surface area contributed by atoms with Crippen LogP contribution in [0.2, 0.25) is 0 Å². The predicted molar refractivity (Wildman–Crippen MR) is 105 cm³/mol. The van der Waals surface area contributed by atoms with E-state index >= 15 is 0 Å². The van der Waals surface area contributed by atoms with E-state index in [1.165, 1.54) is 49.2 Å². The van der Waals surface area contributed by atoms with Crippen molar-refractivity contribution < 1.29 is 0 Å². The van der Waals surface area contributed by atoms with Crippen LogP contribution in [0.15, 0.2) is 59.4 Å². The lowest BCUT2D eigenvalue weighted by atomic mass is 9.94. The molecule has 3 nitrogen and oxygen atoms in total. The highest BCUT2D eigenvalue weighted by Crippen LogP contribution is 2.25. The number of piperidine rings is 1. The molecule has 0 bridgehead atoms. The Hall–Kier alpha value is -2.42. The van der Waals surface area contributed by atoms with Crippen molar-refractivity contribution in [1.82, 2.24) is 4.98 Å². The number of aromatic nitrogens is 1. The Morgan fingerprint density at radius 2 is 1.88 bits per heavy atom. The molecule has 0 spiro atoms. The Bertz CT molecular complexity index is 771. The summed E-state index contributed by atoms with van der Waals surface area (Å²) in [6.07, 6.45) is 12.2. The summed E-state index contributed by atoms with van der Waals surface area (Å²) in [6, 6.07) is 13.0. The summed E-state index contributed by atoms with van der Waals surface area (Å²) in [6.45, 7) is 3.28. The van der Waals surface area contributed by atoms with E-state index in [9.17, 15) is 0 Å². The smallest absolute Gasteiger partial charge is 0.0694 e. The second kappa shape index (κ2) is 7.64. The maximum atomic E-state index is 4.79. The fraction of sp³-hybridized carbons (Fsp3) is 0.364. The minimum absolute atomic E-state index is 0.912. The lowest BCUT2D eigenvalue weighted by Crippen LogP contribution is -2.29. The number of hydrogen-bond donors (Lipinski definition) is 0. The Kier molecular flexibility index (Phi) is 4.91. The molecule has 2 aromatic rings. The third kappa shape index (κ3) is 3.81. The van der Waals surface area contributed by atoms with Crippen LogP contribution in [-0.4, -0.2) is 30.3 Å². The minimum atomic E-state index is 0.912. The van der Waals surface area contributed by atoms with Crippen molar-refractivity contribution in [2.24, 2.45) is 4.99 Å². The Morgan fingerprint density at radius 3 is 2.72 bits per heavy atom. The van der Waals surface area contributed by atoms with Gasteiger partial charge in [-0.2, -0.15) is 0 Å². The molecule has 1 aromatic carbocycles. The molecule has 0 amide bonds. The summed E-state index contributed by atoms with van der Waals surface area (Å²) in [5, 5.41) is 0. The molecule has 3 heterocycles. The molecule has 0 unspecified atom stereocenters. The summed E-state index contributed by atoms with van der Waals surface area (Å²) >= 11 is 0. The summed E-state index contributed by atoms with van der Waals surface area (Å²) in [7, 11) is 0. The average Bonchev–Trinajstić information content (AvgIpc) is 2.70. The molecule has 25 heavy (non-hydrogen) atoms. The van der Waals surface area contributed by atoms with Crippen LogP contribution in [0.3, 0.4) is 0 Å². The summed E-state index contributed by atoms with van der Waals surface area (Å²) < 4.78 is 0. The highest BCUT2D eigenvalue weighted by molar-refractivity contribution is 6.15. The molecule has 4 rings (SSSR count). The van der Waals surface area contributed by atoms with E-state index in [1.54, 1.807) is 0 Å². The quantitative estimate of drug-likeness (QED) is 0.813. The van der Waals surface area contributed by atoms with E-state index in [2.05, 4.69) is 46.3 Å². The maximum Gasteiger partial charge on any atom is 0.0694 e. The average molecular weight is 331 g/mol. The van der Waals surface area contributed by atoms with Gasteiger partial charge in [-0.3, -0.25) is 9.98 Å². The van der Waals surface area contributed by atoms with E-state index < -0.39 is 0 Å². The van der Waals surface area contributed by atoms with Gasteiger partial charge >= 0.3 is 0 Å². The number of benzene rings is 1. The predicted octanol–water partition coefficient (Wildman–Crippen LogP) is 4.74. The second-order valence-corrected chi connectivity index (χ2v) is 6.89. The van der Waals surface area contributed by atoms with Crippen molar-refractivity contribution in [2.45, 2.75) is 32.1 Å². The zero-order valence-electron chi connectivity index (χ0n) is 14.7. The number of nitrogens with zero attached hydrogens (tertiary/aromatic N) is 3. The monoisotopic (exact) mass is 331 g/mol. The molecule has 0 atom stereocenters. The number of aliphatic imine (C=N–C) groups is 1. The van der Waals surface area contributed by atoms with Gasteiger partial charge in [0.1, 0.15) is 0 Å². The SMILES string of the molecule is C(=C1/CCCN=C1c1cccnc1)/c1cccc(N2CCCCC2)c1. The first-order valence-corrected chi connectivity index (χ1v) is 9.41. The fourth-order valence-corrected chi connectivity index (χ4v) is 3.76. The largest absolute Gasteiger partial charge is 0.372 e. The van der Waals surface area contributed by atoms with Gasteiger partial charge in [0.15, 0.2) is 0 Å². The zero-order chi connectivity index (χ0) is 16.9. The molecule has 2 aliphatic rings. The number of pyridine rings is 1. The lowest BCUT2D eigenvalue weighted by Gasteiger charge is -2.29. The number of anilines is 1. The van der Waals surface area contributed by atoms with Gasteiger partial charge in [0.2, 0.25) is 0 Å². The minimum Gasteiger partial charge on any atom is -0.372 e. The van der Waals surface area contributed by atoms with Gasteiger partial charge < -0.3 is 4.90 Å². The standard InChI is InChI=1S/C22H25N3/c1-2-13-25(14-3-1)21-10-4-7-18(16-21)15-19-8-6-12-24-22(19)20-9-5-11-23-17-20/h4-5,7,9-11,15-17H,1-3,6,8,12-14H2/b19-15+. The fourth-order valence-electron chi connectivity index (χ4n) is 3.76. The molecular weight excluding hydrogens is 306 g/mol. The normalized spacial score (nSPS) is 19.8. The molecule has 1 saturated heterocycles. The molecular formula is C22H25N3. The van der Waals surface area contributed by atoms with Crippen LogP contribution in [0, 0.1) is 0 Å². The third-order valence-corrected chi connectivity index (χ3v) is 5.05. The van der Waals surface area contributed by atoms with E-state index in [0.29, 0.717) is 0 Å². The highest BCUT2D eigenvalue weighted by atomic mass is 15.1. The van der Waals surface area contributed by atoms with Gasteiger partial charge in [0.05, 0.1) is 5.71 Å². The first kappa shape index (κ1) is 16.1. The molecule has 1 fully saturated rings. The summed E-state index contributed by atoms with van der Waals surface area (Å²) in [5.74, 6) is 0. The van der Waals surface area contributed by atoms with Crippen molar-refractivity contribution in [1.29, 1.82) is 0 Å². The highest BCUT2D eigenvalue weighted by Gasteiger charge is 2.15. The van der Waals surface area contributed by atoms with Crippen LogP contribution in [0.5, 0.6) is 0 Å². The molecule has 128 valence electrons. The molecule has 0 N–H and O–H groups in total. The van der Waals surface area contributed by atoms with Gasteiger partial charge in [-0.15, -0.1) is 0 Å². The van der Waals surface area contributed by atoms with Crippen molar-refractivity contribution in [3.8, 4) is 0 Å². The van der Waals surface area contributed by atoms with E-state index in [4.69, 9.17) is 4.99 Å².